The number of carbonyl (C=O) groups excluding carboxylic acids is 1. The van der Waals surface area contributed by atoms with Gasteiger partial charge in [-0.1, -0.05) is 41.9 Å². The second-order valence-corrected chi connectivity index (χ2v) is 6.72. The summed E-state index contributed by atoms with van der Waals surface area (Å²) in [5.74, 6) is -1.29. The number of rotatable bonds is 3. The molecule has 0 radical (unpaired) electrons. The molecule has 1 amide bonds. The fourth-order valence-electron chi connectivity index (χ4n) is 3.28. The molecular formula is C17H13ClF3N5O. The van der Waals surface area contributed by atoms with E-state index in [0.29, 0.717) is 23.0 Å². The van der Waals surface area contributed by atoms with Crippen LogP contribution in [0.5, 0.6) is 0 Å². The highest BCUT2D eigenvalue weighted by atomic mass is 35.5. The molecule has 3 aromatic rings. The smallest absolute Gasteiger partial charge is 0.338 e. The maximum Gasteiger partial charge on any atom is 0.453 e. The van der Waals surface area contributed by atoms with Crippen molar-refractivity contribution in [1.82, 2.24) is 24.7 Å². The zero-order chi connectivity index (χ0) is 19.2. The summed E-state index contributed by atoms with van der Waals surface area (Å²) in [5, 5.41) is 10.3. The number of hydrogen-bond acceptors (Lipinski definition) is 4. The Morgan fingerprint density at radius 3 is 2.63 bits per heavy atom. The van der Waals surface area contributed by atoms with Crippen LogP contribution >= 0.6 is 11.6 Å². The molecule has 1 saturated heterocycles. The van der Waals surface area contributed by atoms with E-state index in [2.05, 4.69) is 15.3 Å². The lowest BCUT2D eigenvalue weighted by atomic mass is 9.99. The first kappa shape index (κ1) is 17.7. The number of aromatic nitrogens is 4. The minimum atomic E-state index is -4.71. The third-order valence-corrected chi connectivity index (χ3v) is 4.70. The van der Waals surface area contributed by atoms with Gasteiger partial charge < -0.3 is 4.90 Å². The van der Waals surface area contributed by atoms with Crippen molar-refractivity contribution < 1.29 is 18.0 Å². The normalized spacial score (nSPS) is 17.9. The second kappa shape index (κ2) is 6.49. The molecule has 0 saturated carbocycles. The van der Waals surface area contributed by atoms with Crippen molar-refractivity contribution in [2.24, 2.45) is 0 Å². The van der Waals surface area contributed by atoms with Gasteiger partial charge in [-0.25, -0.2) is 0 Å². The van der Waals surface area contributed by atoms with Crippen molar-refractivity contribution in [3.63, 3.8) is 0 Å². The van der Waals surface area contributed by atoms with E-state index in [4.69, 9.17) is 11.6 Å². The SMILES string of the molecule is O=C1CC(c2ccccc2)CN1Cc1cc(Cl)nn2c(C(F)(F)F)nnc12. The average Bonchev–Trinajstić information content (AvgIpc) is 3.19. The van der Waals surface area contributed by atoms with Crippen molar-refractivity contribution in [3.05, 3.63) is 58.5 Å². The van der Waals surface area contributed by atoms with E-state index in [1.165, 1.54) is 6.07 Å². The molecular weight excluding hydrogens is 383 g/mol. The predicted molar refractivity (Wildman–Crippen MR) is 90.0 cm³/mol. The zero-order valence-corrected chi connectivity index (χ0v) is 14.6. The maximum atomic E-state index is 13.0. The van der Waals surface area contributed by atoms with E-state index in [-0.39, 0.29) is 29.2 Å². The second-order valence-electron chi connectivity index (χ2n) is 6.34. The summed E-state index contributed by atoms with van der Waals surface area (Å²) in [4.78, 5) is 14.0. The van der Waals surface area contributed by atoms with Gasteiger partial charge in [0.1, 0.15) is 0 Å². The van der Waals surface area contributed by atoms with E-state index >= 15 is 0 Å². The monoisotopic (exact) mass is 395 g/mol. The number of fused-ring (bicyclic) bond motifs is 1. The van der Waals surface area contributed by atoms with Crippen molar-refractivity contribution in [1.29, 1.82) is 0 Å². The molecule has 6 nitrogen and oxygen atoms in total. The highest BCUT2D eigenvalue weighted by molar-refractivity contribution is 6.29. The van der Waals surface area contributed by atoms with Crippen LogP contribution in [-0.4, -0.2) is 37.2 Å². The third-order valence-electron chi connectivity index (χ3n) is 4.52. The Kier molecular flexibility index (Phi) is 4.26. The Morgan fingerprint density at radius 1 is 1.19 bits per heavy atom. The molecule has 3 heterocycles. The highest BCUT2D eigenvalue weighted by Gasteiger charge is 2.38. The molecule has 10 heteroatoms. The van der Waals surface area contributed by atoms with Gasteiger partial charge in [-0.15, -0.1) is 10.2 Å². The van der Waals surface area contributed by atoms with Gasteiger partial charge in [-0.05, 0) is 11.6 Å². The summed E-state index contributed by atoms with van der Waals surface area (Å²) < 4.78 is 39.7. The largest absolute Gasteiger partial charge is 0.453 e. The van der Waals surface area contributed by atoms with Crippen molar-refractivity contribution in [2.75, 3.05) is 6.54 Å². The van der Waals surface area contributed by atoms with Gasteiger partial charge >= 0.3 is 6.18 Å². The van der Waals surface area contributed by atoms with Crippen molar-refractivity contribution >= 4 is 23.2 Å². The van der Waals surface area contributed by atoms with Crippen molar-refractivity contribution in [3.8, 4) is 0 Å². The van der Waals surface area contributed by atoms with E-state index in [1.807, 2.05) is 30.3 Å². The summed E-state index contributed by atoms with van der Waals surface area (Å²) >= 11 is 5.89. The van der Waals surface area contributed by atoms with E-state index in [9.17, 15) is 18.0 Å². The minimum Gasteiger partial charge on any atom is -0.338 e. The fourth-order valence-corrected chi connectivity index (χ4v) is 3.49. The molecule has 1 unspecified atom stereocenters. The molecule has 0 N–H and O–H groups in total. The first-order valence-corrected chi connectivity index (χ1v) is 8.51. The van der Waals surface area contributed by atoms with Gasteiger partial charge in [0.2, 0.25) is 5.91 Å². The molecule has 1 aromatic carbocycles. The van der Waals surface area contributed by atoms with Crippen LogP contribution < -0.4 is 0 Å². The number of carbonyl (C=O) groups is 1. The molecule has 1 aliphatic rings. The van der Waals surface area contributed by atoms with Gasteiger partial charge in [0.15, 0.2) is 10.8 Å². The molecule has 27 heavy (non-hydrogen) atoms. The molecule has 1 atom stereocenters. The average molecular weight is 396 g/mol. The van der Waals surface area contributed by atoms with E-state index in [1.54, 1.807) is 4.90 Å². The lowest BCUT2D eigenvalue weighted by Crippen LogP contribution is -2.25. The Labute approximate surface area is 156 Å². The Morgan fingerprint density at radius 2 is 1.93 bits per heavy atom. The van der Waals surface area contributed by atoms with Gasteiger partial charge in [-0.3, -0.25) is 4.79 Å². The van der Waals surface area contributed by atoms with Crippen LogP contribution in [0.15, 0.2) is 36.4 Å². The van der Waals surface area contributed by atoms with Gasteiger partial charge in [-0.2, -0.15) is 22.8 Å². The summed E-state index contributed by atoms with van der Waals surface area (Å²) in [7, 11) is 0. The van der Waals surface area contributed by atoms with Crippen molar-refractivity contribution in [2.45, 2.75) is 25.1 Å². The number of halogens is 4. The Hall–Kier alpha value is -2.68. The van der Waals surface area contributed by atoms with E-state index in [0.717, 1.165) is 5.56 Å². The number of nitrogens with zero attached hydrogens (tertiary/aromatic N) is 5. The Bertz CT molecular complexity index is 1000. The minimum absolute atomic E-state index is 0.0376. The van der Waals surface area contributed by atoms with Crippen LogP contribution in [0.3, 0.4) is 0 Å². The standard InChI is InChI=1S/C17H13ClF3N5O/c18-13-6-12(15-22-23-16(17(19,20)21)26(15)24-13)9-25-8-11(7-14(25)27)10-4-2-1-3-5-10/h1-6,11H,7-9H2. The molecule has 1 fully saturated rings. The molecule has 1 aliphatic heterocycles. The van der Waals surface area contributed by atoms with Crippen LogP contribution in [0.4, 0.5) is 13.2 Å². The number of amides is 1. The van der Waals surface area contributed by atoms with Crippen LogP contribution in [0.2, 0.25) is 5.15 Å². The lowest BCUT2D eigenvalue weighted by molar-refractivity contribution is -0.146. The number of likely N-dealkylation sites (tertiary alicyclic amines) is 1. The van der Waals surface area contributed by atoms with E-state index < -0.39 is 12.0 Å². The predicted octanol–water partition coefficient (Wildman–Crippen LogP) is 3.31. The van der Waals surface area contributed by atoms with Crippen LogP contribution in [0, 0.1) is 0 Å². The highest BCUT2D eigenvalue weighted by Crippen LogP contribution is 2.31. The first-order chi connectivity index (χ1) is 12.8. The summed E-state index contributed by atoms with van der Waals surface area (Å²) in [6.45, 7) is 0.555. The zero-order valence-electron chi connectivity index (χ0n) is 13.8. The van der Waals surface area contributed by atoms with Crippen LogP contribution in [0.1, 0.15) is 29.3 Å². The van der Waals surface area contributed by atoms with Crippen LogP contribution in [-0.2, 0) is 17.5 Å². The quantitative estimate of drug-likeness (QED) is 0.682. The summed E-state index contributed by atoms with van der Waals surface area (Å²) in [5.41, 5.74) is 1.34. The molecule has 4 rings (SSSR count). The molecule has 0 spiro atoms. The van der Waals surface area contributed by atoms with Gasteiger partial charge in [0.25, 0.3) is 5.82 Å². The maximum absolute atomic E-state index is 13.0. The lowest BCUT2D eigenvalue weighted by Gasteiger charge is -2.17. The Balaban J connectivity index is 1.64. The summed E-state index contributed by atoms with van der Waals surface area (Å²) in [6, 6.07) is 11.0. The molecule has 2 aromatic heterocycles. The third kappa shape index (κ3) is 3.34. The topological polar surface area (TPSA) is 63.4 Å². The number of alkyl halides is 3. The van der Waals surface area contributed by atoms with Gasteiger partial charge in [0.05, 0.1) is 0 Å². The van der Waals surface area contributed by atoms with Crippen LogP contribution in [0.25, 0.3) is 5.65 Å². The fraction of sp³-hybridized carbons (Fsp3) is 0.294. The van der Waals surface area contributed by atoms with Gasteiger partial charge in [0, 0.05) is 31.0 Å². The first-order valence-electron chi connectivity index (χ1n) is 8.13. The number of hydrogen-bond donors (Lipinski definition) is 0. The molecule has 0 bridgehead atoms. The molecule has 0 aliphatic carbocycles. The number of benzene rings is 1. The summed E-state index contributed by atoms with van der Waals surface area (Å²) in [6.07, 6.45) is -4.37. The molecule has 140 valence electrons.